The van der Waals surface area contributed by atoms with Crippen molar-refractivity contribution in [2.45, 2.75) is 18.8 Å². The summed E-state index contributed by atoms with van der Waals surface area (Å²) < 4.78 is 26.7. The monoisotopic (exact) mass is 395 g/mol. The average Bonchev–Trinajstić information content (AvgIpc) is 2.74. The SMILES string of the molecule is O=C(Nc1ccc(F)cc1)C(=O)N1CCC(c2ccnc3ccc(F)cc23)CC1. The van der Waals surface area contributed by atoms with E-state index in [1.54, 1.807) is 12.3 Å². The van der Waals surface area contributed by atoms with Crippen LogP contribution >= 0.6 is 0 Å². The minimum absolute atomic E-state index is 0.159. The minimum Gasteiger partial charge on any atom is -0.334 e. The normalized spacial score (nSPS) is 14.8. The minimum atomic E-state index is -0.744. The first-order valence-corrected chi connectivity index (χ1v) is 9.41. The summed E-state index contributed by atoms with van der Waals surface area (Å²) in [6.45, 7) is 0.860. The first-order valence-electron chi connectivity index (χ1n) is 9.41. The van der Waals surface area contributed by atoms with Crippen molar-refractivity contribution in [2.24, 2.45) is 0 Å². The second-order valence-corrected chi connectivity index (χ2v) is 7.09. The number of anilines is 1. The molecule has 0 unspecified atom stereocenters. The van der Waals surface area contributed by atoms with Crippen LogP contribution in [0.1, 0.15) is 24.3 Å². The summed E-state index contributed by atoms with van der Waals surface area (Å²) in [6, 6.07) is 11.7. The molecule has 1 aliphatic heterocycles. The first-order chi connectivity index (χ1) is 14.0. The number of pyridine rings is 1. The van der Waals surface area contributed by atoms with Crippen LogP contribution in [0.25, 0.3) is 10.9 Å². The number of amides is 2. The van der Waals surface area contributed by atoms with Gasteiger partial charge >= 0.3 is 11.8 Å². The van der Waals surface area contributed by atoms with Crippen molar-refractivity contribution in [3.05, 3.63) is 71.9 Å². The Labute approximate surface area is 166 Å². The fraction of sp³-hybridized carbons (Fsp3) is 0.227. The van der Waals surface area contributed by atoms with Crippen molar-refractivity contribution in [1.29, 1.82) is 0 Å². The number of piperidine rings is 1. The molecule has 0 bridgehead atoms. The van der Waals surface area contributed by atoms with Gasteiger partial charge in [-0.2, -0.15) is 0 Å². The van der Waals surface area contributed by atoms with Crippen LogP contribution in [0.3, 0.4) is 0 Å². The quantitative estimate of drug-likeness (QED) is 0.671. The summed E-state index contributed by atoms with van der Waals surface area (Å²) in [5.74, 6) is -1.92. The van der Waals surface area contributed by atoms with E-state index in [-0.39, 0.29) is 11.7 Å². The van der Waals surface area contributed by atoms with Crippen molar-refractivity contribution < 1.29 is 18.4 Å². The third kappa shape index (κ3) is 4.08. The Kier molecular flexibility index (Phi) is 5.20. The molecule has 4 rings (SSSR count). The fourth-order valence-electron chi connectivity index (χ4n) is 3.75. The number of hydrogen-bond acceptors (Lipinski definition) is 3. The van der Waals surface area contributed by atoms with Gasteiger partial charge in [0.05, 0.1) is 5.52 Å². The van der Waals surface area contributed by atoms with Gasteiger partial charge in [-0.1, -0.05) is 0 Å². The average molecular weight is 395 g/mol. The lowest BCUT2D eigenvalue weighted by molar-refractivity contribution is -0.143. The van der Waals surface area contributed by atoms with Gasteiger partial charge in [0.1, 0.15) is 11.6 Å². The first kappa shape index (κ1) is 19.0. The van der Waals surface area contributed by atoms with E-state index in [1.165, 1.54) is 41.3 Å². The smallest absolute Gasteiger partial charge is 0.313 e. The van der Waals surface area contributed by atoms with Crippen LogP contribution in [0.15, 0.2) is 54.7 Å². The van der Waals surface area contributed by atoms with Crippen molar-refractivity contribution in [1.82, 2.24) is 9.88 Å². The summed E-state index contributed by atoms with van der Waals surface area (Å²) in [6.07, 6.45) is 3.06. The Balaban J connectivity index is 1.41. The molecule has 2 heterocycles. The van der Waals surface area contributed by atoms with Crippen LogP contribution in [0.2, 0.25) is 0 Å². The van der Waals surface area contributed by atoms with Gasteiger partial charge in [-0.3, -0.25) is 14.6 Å². The summed E-state index contributed by atoms with van der Waals surface area (Å²) in [7, 11) is 0. The molecule has 2 aromatic carbocycles. The number of benzene rings is 2. The zero-order valence-electron chi connectivity index (χ0n) is 15.6. The van der Waals surface area contributed by atoms with E-state index in [0.717, 1.165) is 16.5 Å². The lowest BCUT2D eigenvalue weighted by Gasteiger charge is -2.32. The number of fused-ring (bicyclic) bond motifs is 1. The maximum absolute atomic E-state index is 13.7. The Hall–Kier alpha value is -3.35. The number of halogens is 2. The molecule has 7 heteroatoms. The number of likely N-dealkylation sites (tertiary alicyclic amines) is 1. The van der Waals surface area contributed by atoms with Gasteiger partial charge in [-0.15, -0.1) is 0 Å². The molecule has 5 nitrogen and oxygen atoms in total. The number of nitrogens with one attached hydrogen (secondary N) is 1. The number of carbonyl (C=O) groups is 2. The van der Waals surface area contributed by atoms with Crippen LogP contribution in [-0.4, -0.2) is 34.8 Å². The zero-order chi connectivity index (χ0) is 20.4. The summed E-state index contributed by atoms with van der Waals surface area (Å²) in [5, 5.41) is 3.28. The van der Waals surface area contributed by atoms with Gasteiger partial charge in [0.25, 0.3) is 0 Å². The molecule has 0 atom stereocenters. The topological polar surface area (TPSA) is 62.3 Å². The third-order valence-electron chi connectivity index (χ3n) is 5.26. The largest absolute Gasteiger partial charge is 0.334 e. The number of rotatable bonds is 2. The maximum Gasteiger partial charge on any atom is 0.313 e. The Bertz CT molecular complexity index is 1060. The highest BCUT2D eigenvalue weighted by atomic mass is 19.1. The standard InChI is InChI=1S/C22H19F2N3O2/c23-15-1-4-17(5-2-15)26-21(28)22(29)27-11-8-14(9-12-27)18-7-10-25-20-6-3-16(24)13-19(18)20/h1-7,10,13-14H,8-9,11-12H2,(H,26,28). The molecular formula is C22H19F2N3O2. The van der Waals surface area contributed by atoms with Crippen LogP contribution in [0.4, 0.5) is 14.5 Å². The number of carbonyl (C=O) groups excluding carboxylic acids is 2. The Morgan fingerprint density at radius 2 is 1.66 bits per heavy atom. The molecule has 2 amide bonds. The fourth-order valence-corrected chi connectivity index (χ4v) is 3.75. The highest BCUT2D eigenvalue weighted by Crippen LogP contribution is 2.32. The number of nitrogens with zero attached hydrogens (tertiary/aromatic N) is 2. The summed E-state index contributed by atoms with van der Waals surface area (Å²) in [4.78, 5) is 30.5. The summed E-state index contributed by atoms with van der Waals surface area (Å²) >= 11 is 0. The molecule has 1 aromatic heterocycles. The second kappa shape index (κ2) is 7.95. The van der Waals surface area contributed by atoms with Gasteiger partial charge in [-0.05, 0) is 72.9 Å². The third-order valence-corrected chi connectivity index (χ3v) is 5.26. The van der Waals surface area contributed by atoms with E-state index in [2.05, 4.69) is 10.3 Å². The van der Waals surface area contributed by atoms with Gasteiger partial charge < -0.3 is 10.2 Å². The predicted molar refractivity (Wildman–Crippen MR) is 105 cm³/mol. The molecule has 1 aliphatic rings. The van der Waals surface area contributed by atoms with Crippen molar-refractivity contribution in [2.75, 3.05) is 18.4 Å². The Morgan fingerprint density at radius 3 is 2.38 bits per heavy atom. The molecule has 0 radical (unpaired) electrons. The number of hydrogen-bond donors (Lipinski definition) is 1. The van der Waals surface area contributed by atoms with Crippen molar-refractivity contribution >= 4 is 28.4 Å². The number of aromatic nitrogens is 1. The maximum atomic E-state index is 13.7. The van der Waals surface area contributed by atoms with Crippen LogP contribution < -0.4 is 5.32 Å². The second-order valence-electron chi connectivity index (χ2n) is 7.09. The van der Waals surface area contributed by atoms with E-state index < -0.39 is 17.6 Å². The molecule has 1 saturated heterocycles. The zero-order valence-corrected chi connectivity index (χ0v) is 15.6. The molecule has 148 valence electrons. The van der Waals surface area contributed by atoms with E-state index in [1.807, 2.05) is 6.07 Å². The lowest BCUT2D eigenvalue weighted by Crippen LogP contribution is -2.43. The highest BCUT2D eigenvalue weighted by molar-refractivity contribution is 6.39. The summed E-state index contributed by atoms with van der Waals surface area (Å²) in [5.41, 5.74) is 2.11. The molecule has 1 fully saturated rings. The van der Waals surface area contributed by atoms with E-state index in [0.29, 0.717) is 31.6 Å². The highest BCUT2D eigenvalue weighted by Gasteiger charge is 2.28. The van der Waals surface area contributed by atoms with Crippen molar-refractivity contribution in [3.63, 3.8) is 0 Å². The Morgan fingerprint density at radius 1 is 0.966 bits per heavy atom. The van der Waals surface area contributed by atoms with Gasteiger partial charge in [-0.25, -0.2) is 8.78 Å². The van der Waals surface area contributed by atoms with Gasteiger partial charge in [0, 0.05) is 30.4 Å². The molecular weight excluding hydrogens is 376 g/mol. The van der Waals surface area contributed by atoms with E-state index in [9.17, 15) is 18.4 Å². The molecule has 0 saturated carbocycles. The van der Waals surface area contributed by atoms with Gasteiger partial charge in [0.2, 0.25) is 0 Å². The van der Waals surface area contributed by atoms with E-state index in [4.69, 9.17) is 0 Å². The van der Waals surface area contributed by atoms with E-state index >= 15 is 0 Å². The molecule has 3 aromatic rings. The molecule has 0 spiro atoms. The predicted octanol–water partition coefficient (Wildman–Crippen LogP) is 3.86. The van der Waals surface area contributed by atoms with Crippen molar-refractivity contribution in [3.8, 4) is 0 Å². The van der Waals surface area contributed by atoms with Gasteiger partial charge in [0.15, 0.2) is 0 Å². The van der Waals surface area contributed by atoms with Crippen LogP contribution in [-0.2, 0) is 9.59 Å². The molecule has 0 aliphatic carbocycles. The lowest BCUT2D eigenvalue weighted by atomic mass is 9.87. The molecule has 29 heavy (non-hydrogen) atoms. The van der Waals surface area contributed by atoms with Crippen LogP contribution in [0, 0.1) is 11.6 Å². The molecule has 1 N–H and O–H groups in total. The van der Waals surface area contributed by atoms with Crippen LogP contribution in [0.5, 0.6) is 0 Å².